The molecule has 6 nitrogen and oxygen atoms in total. The number of nitrogens with two attached hydrogens (primary N) is 1. The molecule has 0 aromatic carbocycles. The first-order valence-corrected chi connectivity index (χ1v) is 7.23. The van der Waals surface area contributed by atoms with Crippen molar-refractivity contribution in [1.82, 2.24) is 14.7 Å². The summed E-state index contributed by atoms with van der Waals surface area (Å²) in [5.41, 5.74) is 8.01. The molecule has 112 valence electrons. The van der Waals surface area contributed by atoms with Crippen molar-refractivity contribution in [2.75, 3.05) is 32.8 Å². The van der Waals surface area contributed by atoms with Gasteiger partial charge in [0.15, 0.2) is 0 Å². The number of rotatable bonds is 5. The maximum Gasteiger partial charge on any atom is 0.227 e. The summed E-state index contributed by atoms with van der Waals surface area (Å²) in [7, 11) is 1.91. The molecule has 1 aliphatic rings. The molecular formula is C14H24N4O2. The summed E-state index contributed by atoms with van der Waals surface area (Å²) < 4.78 is 7.09. The molecule has 0 spiro atoms. The normalized spacial score (nSPS) is 17.2. The van der Waals surface area contributed by atoms with E-state index in [0.717, 1.165) is 17.7 Å². The van der Waals surface area contributed by atoms with Gasteiger partial charge in [0.25, 0.3) is 0 Å². The van der Waals surface area contributed by atoms with Crippen LogP contribution >= 0.6 is 0 Å². The van der Waals surface area contributed by atoms with E-state index in [4.69, 9.17) is 10.5 Å². The molecule has 2 heterocycles. The number of nitrogens with zero attached hydrogens (tertiary/aromatic N) is 3. The summed E-state index contributed by atoms with van der Waals surface area (Å²) in [6.07, 6.45) is 3.54. The van der Waals surface area contributed by atoms with Crippen LogP contribution in [0, 0.1) is 5.92 Å². The van der Waals surface area contributed by atoms with E-state index >= 15 is 0 Å². The van der Waals surface area contributed by atoms with Crippen molar-refractivity contribution in [2.24, 2.45) is 18.7 Å². The molecule has 6 heteroatoms. The lowest BCUT2D eigenvalue weighted by Gasteiger charge is -2.30. The molecule has 0 bridgehead atoms. The molecule has 1 aromatic rings. The predicted octanol–water partition coefficient (Wildman–Crippen LogP) is -0.0413. The second-order valence-corrected chi connectivity index (χ2v) is 5.20. The molecule has 2 N–H and O–H groups in total. The summed E-state index contributed by atoms with van der Waals surface area (Å²) in [5, 5.41) is 4.42. The average Bonchev–Trinajstić information content (AvgIpc) is 2.84. The Labute approximate surface area is 119 Å². The van der Waals surface area contributed by atoms with Gasteiger partial charge in [0.2, 0.25) is 5.91 Å². The standard InChI is InChI=1S/C14H24N4O2/c1-3-13-12(10-17(2)16-13)8-11(9-15)14(19)18-4-6-20-7-5-18/h10-11H,3-9,15H2,1-2H3. The number of hydrogen-bond donors (Lipinski definition) is 1. The van der Waals surface area contributed by atoms with Gasteiger partial charge in [-0.15, -0.1) is 0 Å². The van der Waals surface area contributed by atoms with Crippen molar-refractivity contribution in [1.29, 1.82) is 0 Å². The van der Waals surface area contributed by atoms with Crippen LogP contribution in [0.2, 0.25) is 0 Å². The number of amides is 1. The van der Waals surface area contributed by atoms with Gasteiger partial charge in [0, 0.05) is 32.9 Å². The molecule has 1 atom stereocenters. The van der Waals surface area contributed by atoms with Crippen LogP contribution in [0.15, 0.2) is 6.20 Å². The molecule has 2 rings (SSSR count). The Hall–Kier alpha value is -1.40. The fourth-order valence-corrected chi connectivity index (χ4v) is 2.63. The second-order valence-electron chi connectivity index (χ2n) is 5.20. The minimum Gasteiger partial charge on any atom is -0.378 e. The fraction of sp³-hybridized carbons (Fsp3) is 0.714. The minimum atomic E-state index is -0.164. The van der Waals surface area contributed by atoms with E-state index in [1.165, 1.54) is 0 Å². The topological polar surface area (TPSA) is 73.4 Å². The van der Waals surface area contributed by atoms with E-state index in [2.05, 4.69) is 12.0 Å². The molecule has 1 aliphatic heterocycles. The second kappa shape index (κ2) is 6.85. The highest BCUT2D eigenvalue weighted by molar-refractivity contribution is 5.79. The van der Waals surface area contributed by atoms with Gasteiger partial charge < -0.3 is 15.4 Å². The van der Waals surface area contributed by atoms with Crippen LogP contribution in [0.3, 0.4) is 0 Å². The first-order chi connectivity index (χ1) is 9.65. The van der Waals surface area contributed by atoms with Gasteiger partial charge in [0.1, 0.15) is 0 Å². The minimum absolute atomic E-state index is 0.140. The smallest absolute Gasteiger partial charge is 0.227 e. The number of carbonyl (C=O) groups is 1. The Bertz CT molecular complexity index is 452. The van der Waals surface area contributed by atoms with E-state index in [-0.39, 0.29) is 11.8 Å². The molecule has 1 fully saturated rings. The molecule has 1 amide bonds. The zero-order chi connectivity index (χ0) is 14.5. The number of carbonyl (C=O) groups excluding carboxylic acids is 1. The molecule has 0 saturated carbocycles. The van der Waals surface area contributed by atoms with E-state index in [0.29, 0.717) is 39.3 Å². The van der Waals surface area contributed by atoms with Gasteiger partial charge in [-0.05, 0) is 18.4 Å². The predicted molar refractivity (Wildman–Crippen MR) is 76.2 cm³/mol. The zero-order valence-electron chi connectivity index (χ0n) is 12.3. The number of aryl methyl sites for hydroxylation is 2. The first kappa shape index (κ1) is 15.0. The maximum atomic E-state index is 12.5. The molecule has 20 heavy (non-hydrogen) atoms. The number of ether oxygens (including phenoxy) is 1. The summed E-state index contributed by atoms with van der Waals surface area (Å²) in [5.74, 6) is -0.0238. The zero-order valence-corrected chi connectivity index (χ0v) is 12.3. The largest absolute Gasteiger partial charge is 0.378 e. The van der Waals surface area contributed by atoms with Crippen molar-refractivity contribution >= 4 is 5.91 Å². The van der Waals surface area contributed by atoms with Gasteiger partial charge in [-0.1, -0.05) is 6.92 Å². The van der Waals surface area contributed by atoms with Crippen molar-refractivity contribution in [3.8, 4) is 0 Å². The molecule has 1 aromatic heterocycles. The Morgan fingerprint density at radius 2 is 2.20 bits per heavy atom. The van der Waals surface area contributed by atoms with Crippen molar-refractivity contribution in [2.45, 2.75) is 19.8 Å². The third-order valence-electron chi connectivity index (χ3n) is 3.75. The molecular weight excluding hydrogens is 256 g/mol. The summed E-state index contributed by atoms with van der Waals surface area (Å²) in [6.45, 7) is 5.03. The summed E-state index contributed by atoms with van der Waals surface area (Å²) >= 11 is 0. The van der Waals surface area contributed by atoms with Crippen LogP contribution in [0.4, 0.5) is 0 Å². The van der Waals surface area contributed by atoms with Crippen LogP contribution < -0.4 is 5.73 Å². The summed E-state index contributed by atoms with van der Waals surface area (Å²) in [4.78, 5) is 14.4. The maximum absolute atomic E-state index is 12.5. The quantitative estimate of drug-likeness (QED) is 0.821. The fourth-order valence-electron chi connectivity index (χ4n) is 2.63. The lowest BCUT2D eigenvalue weighted by Crippen LogP contribution is -2.46. The molecule has 1 unspecified atom stereocenters. The van der Waals surface area contributed by atoms with Crippen molar-refractivity contribution in [3.63, 3.8) is 0 Å². The highest BCUT2D eigenvalue weighted by atomic mass is 16.5. The average molecular weight is 280 g/mol. The SMILES string of the molecule is CCc1nn(C)cc1CC(CN)C(=O)N1CCOCC1. The molecule has 1 saturated heterocycles. The van der Waals surface area contributed by atoms with Crippen LogP contribution in [0.5, 0.6) is 0 Å². The van der Waals surface area contributed by atoms with Crippen LogP contribution in [0.1, 0.15) is 18.2 Å². The lowest BCUT2D eigenvalue weighted by molar-refractivity contribution is -0.139. The van der Waals surface area contributed by atoms with E-state index < -0.39 is 0 Å². The molecule has 0 radical (unpaired) electrons. The van der Waals surface area contributed by atoms with E-state index in [9.17, 15) is 4.79 Å². The number of aromatic nitrogens is 2. The third kappa shape index (κ3) is 3.37. The highest BCUT2D eigenvalue weighted by Crippen LogP contribution is 2.16. The lowest BCUT2D eigenvalue weighted by atomic mass is 9.97. The highest BCUT2D eigenvalue weighted by Gasteiger charge is 2.26. The number of hydrogen-bond acceptors (Lipinski definition) is 4. The van der Waals surface area contributed by atoms with Gasteiger partial charge in [-0.2, -0.15) is 5.10 Å². The number of morpholine rings is 1. The Kier molecular flexibility index (Phi) is 5.14. The van der Waals surface area contributed by atoms with Crippen LogP contribution in [-0.4, -0.2) is 53.4 Å². The third-order valence-corrected chi connectivity index (χ3v) is 3.75. The summed E-state index contributed by atoms with van der Waals surface area (Å²) in [6, 6.07) is 0. The van der Waals surface area contributed by atoms with Crippen molar-refractivity contribution < 1.29 is 9.53 Å². The van der Waals surface area contributed by atoms with E-state index in [1.807, 2.05) is 18.1 Å². The molecule has 0 aliphatic carbocycles. The Morgan fingerprint density at radius 3 is 2.80 bits per heavy atom. The van der Waals surface area contributed by atoms with Crippen molar-refractivity contribution in [3.05, 3.63) is 17.5 Å². The Morgan fingerprint density at radius 1 is 1.50 bits per heavy atom. The van der Waals surface area contributed by atoms with Gasteiger partial charge in [0.05, 0.1) is 24.8 Å². The van der Waals surface area contributed by atoms with Gasteiger partial charge in [-0.3, -0.25) is 9.48 Å². The van der Waals surface area contributed by atoms with Crippen LogP contribution in [-0.2, 0) is 29.4 Å². The first-order valence-electron chi connectivity index (χ1n) is 7.23. The monoisotopic (exact) mass is 280 g/mol. The van der Waals surface area contributed by atoms with Crippen LogP contribution in [0.25, 0.3) is 0 Å². The van der Waals surface area contributed by atoms with Gasteiger partial charge in [-0.25, -0.2) is 0 Å². The van der Waals surface area contributed by atoms with E-state index in [1.54, 1.807) is 4.68 Å². The van der Waals surface area contributed by atoms with Gasteiger partial charge >= 0.3 is 0 Å². The Balaban J connectivity index is 2.05.